The number of carbonyl (C=O) groups excluding carboxylic acids is 1. The highest BCUT2D eigenvalue weighted by atomic mass is 32.2. The highest BCUT2D eigenvalue weighted by molar-refractivity contribution is 7.86. The van der Waals surface area contributed by atoms with Crippen molar-refractivity contribution in [1.29, 1.82) is 0 Å². The van der Waals surface area contributed by atoms with E-state index in [1.165, 1.54) is 19.2 Å². The van der Waals surface area contributed by atoms with Gasteiger partial charge in [0, 0.05) is 6.07 Å². The van der Waals surface area contributed by atoms with E-state index in [1.807, 2.05) is 0 Å². The van der Waals surface area contributed by atoms with E-state index in [-0.39, 0.29) is 11.4 Å². The fraction of sp³-hybridized carbons (Fsp3) is 0.125. The van der Waals surface area contributed by atoms with Gasteiger partial charge in [-0.2, -0.15) is 8.42 Å². The predicted octanol–water partition coefficient (Wildman–Crippen LogP) is 0.510. The van der Waals surface area contributed by atoms with Crippen LogP contribution in [-0.4, -0.2) is 26.5 Å². The van der Waals surface area contributed by atoms with E-state index < -0.39 is 15.0 Å². The minimum absolute atomic E-state index is 0.00620. The zero-order valence-electron chi connectivity index (χ0n) is 7.80. The first-order valence-electron chi connectivity index (χ1n) is 3.84. The molecule has 0 spiro atoms. The molecule has 6 nitrogen and oxygen atoms in total. The van der Waals surface area contributed by atoms with Gasteiger partial charge in [0.2, 0.25) is 6.41 Å². The third-order valence-electron chi connectivity index (χ3n) is 1.68. The lowest BCUT2D eigenvalue weighted by Gasteiger charge is -2.07. The van der Waals surface area contributed by atoms with Gasteiger partial charge in [-0.15, -0.1) is 0 Å². The first-order valence-corrected chi connectivity index (χ1v) is 5.28. The van der Waals surface area contributed by atoms with E-state index in [1.54, 1.807) is 0 Å². The second-order valence-corrected chi connectivity index (χ2v) is 3.99. The molecule has 0 unspecified atom stereocenters. The smallest absolute Gasteiger partial charge is 0.296 e. The van der Waals surface area contributed by atoms with E-state index in [4.69, 9.17) is 9.29 Å². The van der Waals surface area contributed by atoms with Crippen molar-refractivity contribution in [2.24, 2.45) is 0 Å². The van der Waals surface area contributed by atoms with Crippen molar-refractivity contribution in [2.45, 2.75) is 4.90 Å². The van der Waals surface area contributed by atoms with Gasteiger partial charge < -0.3 is 10.1 Å². The number of anilines is 1. The van der Waals surface area contributed by atoms with Gasteiger partial charge in [-0.1, -0.05) is 0 Å². The molecule has 0 atom stereocenters. The third kappa shape index (κ3) is 2.67. The summed E-state index contributed by atoms with van der Waals surface area (Å²) in [6, 6.07) is 3.89. The fourth-order valence-corrected chi connectivity index (χ4v) is 1.70. The Morgan fingerprint density at radius 3 is 2.60 bits per heavy atom. The molecule has 15 heavy (non-hydrogen) atoms. The SMILES string of the molecule is COc1ccc(NC=O)c(S(=O)(=O)O)c1. The summed E-state index contributed by atoms with van der Waals surface area (Å²) >= 11 is 0. The van der Waals surface area contributed by atoms with Crippen LogP contribution in [0.4, 0.5) is 5.69 Å². The molecule has 0 aromatic heterocycles. The van der Waals surface area contributed by atoms with E-state index in [9.17, 15) is 13.2 Å². The van der Waals surface area contributed by atoms with Gasteiger partial charge >= 0.3 is 0 Å². The number of rotatable bonds is 4. The van der Waals surface area contributed by atoms with E-state index in [0.29, 0.717) is 6.41 Å². The maximum atomic E-state index is 10.9. The van der Waals surface area contributed by atoms with Gasteiger partial charge in [-0.25, -0.2) is 0 Å². The molecule has 0 saturated carbocycles. The van der Waals surface area contributed by atoms with E-state index >= 15 is 0 Å². The Hall–Kier alpha value is -1.60. The van der Waals surface area contributed by atoms with Crippen LogP contribution in [0.1, 0.15) is 0 Å². The molecule has 1 aromatic carbocycles. The van der Waals surface area contributed by atoms with Crippen LogP contribution in [0, 0.1) is 0 Å². The Morgan fingerprint density at radius 1 is 1.47 bits per heavy atom. The Kier molecular flexibility index (Phi) is 3.28. The summed E-state index contributed by atoms with van der Waals surface area (Å²) in [5.74, 6) is 0.263. The minimum Gasteiger partial charge on any atom is -0.497 e. The van der Waals surface area contributed by atoms with Gasteiger partial charge in [-0.05, 0) is 12.1 Å². The van der Waals surface area contributed by atoms with E-state index in [2.05, 4.69) is 5.32 Å². The van der Waals surface area contributed by atoms with Crippen molar-refractivity contribution in [3.8, 4) is 5.75 Å². The first-order chi connectivity index (χ1) is 6.99. The van der Waals surface area contributed by atoms with Gasteiger partial charge in [0.15, 0.2) is 0 Å². The molecule has 7 heteroatoms. The van der Waals surface area contributed by atoms with Crippen molar-refractivity contribution < 1.29 is 22.5 Å². The quantitative estimate of drug-likeness (QED) is 0.581. The first kappa shape index (κ1) is 11.5. The maximum absolute atomic E-state index is 10.9. The van der Waals surface area contributed by atoms with Crippen LogP contribution in [0.3, 0.4) is 0 Å². The topological polar surface area (TPSA) is 92.7 Å². The average Bonchev–Trinajstić information content (AvgIpc) is 2.17. The van der Waals surface area contributed by atoms with Crippen molar-refractivity contribution >= 4 is 22.2 Å². The second kappa shape index (κ2) is 4.28. The molecule has 0 heterocycles. The zero-order chi connectivity index (χ0) is 11.5. The van der Waals surface area contributed by atoms with Crippen molar-refractivity contribution in [1.82, 2.24) is 0 Å². The lowest BCUT2D eigenvalue weighted by molar-refractivity contribution is -0.105. The van der Waals surface area contributed by atoms with Gasteiger partial charge in [0.1, 0.15) is 10.6 Å². The fourth-order valence-electron chi connectivity index (χ4n) is 1.03. The number of ether oxygens (including phenoxy) is 1. The predicted molar refractivity (Wildman–Crippen MR) is 52.5 cm³/mol. The van der Waals surface area contributed by atoms with Crippen molar-refractivity contribution in [2.75, 3.05) is 12.4 Å². The number of benzene rings is 1. The van der Waals surface area contributed by atoms with Crippen molar-refractivity contribution in [3.05, 3.63) is 18.2 Å². The molecule has 82 valence electrons. The Balaban J connectivity index is 3.35. The minimum atomic E-state index is -4.39. The molecular formula is C8H9NO5S. The van der Waals surface area contributed by atoms with Gasteiger partial charge in [0.05, 0.1) is 12.8 Å². The summed E-state index contributed by atoms with van der Waals surface area (Å²) in [6.45, 7) is 0. The summed E-state index contributed by atoms with van der Waals surface area (Å²) in [7, 11) is -3.03. The van der Waals surface area contributed by atoms with Crippen molar-refractivity contribution in [3.63, 3.8) is 0 Å². The summed E-state index contributed by atoms with van der Waals surface area (Å²) in [5.41, 5.74) is -0.00620. The van der Waals surface area contributed by atoms with Gasteiger partial charge in [0.25, 0.3) is 10.1 Å². The summed E-state index contributed by atoms with van der Waals surface area (Å²) < 4.78 is 35.6. The monoisotopic (exact) mass is 231 g/mol. The molecule has 2 N–H and O–H groups in total. The maximum Gasteiger partial charge on any atom is 0.296 e. The Morgan fingerprint density at radius 2 is 2.13 bits per heavy atom. The zero-order valence-corrected chi connectivity index (χ0v) is 8.61. The van der Waals surface area contributed by atoms with Gasteiger partial charge in [-0.3, -0.25) is 9.35 Å². The highest BCUT2D eigenvalue weighted by Crippen LogP contribution is 2.25. The summed E-state index contributed by atoms with van der Waals surface area (Å²) in [5, 5.41) is 2.16. The molecule has 0 saturated heterocycles. The number of hydrogen-bond donors (Lipinski definition) is 2. The molecule has 0 aliphatic carbocycles. The molecule has 1 rings (SSSR count). The molecule has 0 aliphatic rings. The number of hydrogen-bond acceptors (Lipinski definition) is 4. The highest BCUT2D eigenvalue weighted by Gasteiger charge is 2.16. The molecule has 0 radical (unpaired) electrons. The Bertz CT molecular complexity index is 468. The lowest BCUT2D eigenvalue weighted by atomic mass is 10.3. The number of amides is 1. The normalized spacial score (nSPS) is 10.8. The molecule has 0 fully saturated rings. The van der Waals surface area contributed by atoms with Crippen LogP contribution in [0.5, 0.6) is 5.75 Å². The standard InChI is InChI=1S/C8H9NO5S/c1-14-6-2-3-7(9-5-10)8(4-6)15(11,12)13/h2-5H,1H3,(H,9,10)(H,11,12,13). The summed E-state index contributed by atoms with van der Waals surface area (Å²) in [4.78, 5) is 9.78. The number of carbonyl (C=O) groups is 1. The number of methoxy groups -OCH3 is 1. The second-order valence-electron chi connectivity index (χ2n) is 2.60. The number of nitrogens with one attached hydrogen (secondary N) is 1. The van der Waals surface area contributed by atoms with Crippen LogP contribution >= 0.6 is 0 Å². The largest absolute Gasteiger partial charge is 0.497 e. The van der Waals surface area contributed by atoms with Crippen LogP contribution in [0.15, 0.2) is 23.1 Å². The molecule has 1 aromatic rings. The molecule has 0 bridgehead atoms. The average molecular weight is 231 g/mol. The summed E-state index contributed by atoms with van der Waals surface area (Å²) in [6.07, 6.45) is 0.316. The Labute approximate surface area is 86.6 Å². The molecule has 0 aliphatic heterocycles. The third-order valence-corrected chi connectivity index (χ3v) is 2.57. The lowest BCUT2D eigenvalue weighted by Crippen LogP contribution is -2.05. The molecular weight excluding hydrogens is 222 g/mol. The van der Waals surface area contributed by atoms with E-state index in [0.717, 1.165) is 6.07 Å². The van der Waals surface area contributed by atoms with Crippen LogP contribution in [0.25, 0.3) is 0 Å². The molecule has 1 amide bonds. The van der Waals surface area contributed by atoms with Crippen LogP contribution in [0.2, 0.25) is 0 Å². The van der Waals surface area contributed by atoms with Crippen LogP contribution in [-0.2, 0) is 14.9 Å². The van der Waals surface area contributed by atoms with Crippen LogP contribution < -0.4 is 10.1 Å².